The van der Waals surface area contributed by atoms with Crippen molar-refractivity contribution in [2.45, 2.75) is 20.3 Å². The third kappa shape index (κ3) is 2.19. The number of hydrogen-bond donors (Lipinski definition) is 0. The molecule has 1 aromatic rings. The number of esters is 1. The molecule has 4 aliphatic carbocycles. The van der Waals surface area contributed by atoms with Crippen LogP contribution in [0.4, 0.5) is 0 Å². The number of rotatable bonds is 3. The normalized spacial score (nSPS) is 36.2. The van der Waals surface area contributed by atoms with E-state index < -0.39 is 5.97 Å². The summed E-state index contributed by atoms with van der Waals surface area (Å²) in [6, 6.07) is 5.54. The standard InChI is InChI=1S/C21H21NO4/c1-10-5-11(2)7-12(6-10)26-17(23)9-22-20(24)18-13-3-4-14(16-8-15(13)16)19(18)21(22)25/h3-7,13-16,18-19H,8-9H2,1-2H3/t13-,14-,15-,16+,18-,19+/m0/s1. The summed E-state index contributed by atoms with van der Waals surface area (Å²) in [7, 11) is 0. The molecule has 3 fully saturated rings. The quantitative estimate of drug-likeness (QED) is 0.363. The summed E-state index contributed by atoms with van der Waals surface area (Å²) in [6.45, 7) is 3.56. The molecule has 0 spiro atoms. The molecule has 0 radical (unpaired) electrons. The number of likely N-dealkylation sites (tertiary alicyclic amines) is 1. The van der Waals surface area contributed by atoms with E-state index in [1.54, 1.807) is 12.1 Å². The fourth-order valence-corrected chi connectivity index (χ4v) is 5.46. The van der Waals surface area contributed by atoms with Crippen molar-refractivity contribution in [1.82, 2.24) is 4.90 Å². The first-order valence-electron chi connectivity index (χ1n) is 9.26. The minimum Gasteiger partial charge on any atom is -0.425 e. The van der Waals surface area contributed by atoms with Crippen molar-refractivity contribution in [3.05, 3.63) is 41.5 Å². The van der Waals surface area contributed by atoms with Crippen LogP contribution in [0, 0.1) is 49.4 Å². The Balaban J connectivity index is 1.33. The van der Waals surface area contributed by atoms with Crippen LogP contribution in [0.15, 0.2) is 30.4 Å². The molecule has 6 atom stereocenters. The van der Waals surface area contributed by atoms with Gasteiger partial charge in [-0.1, -0.05) is 18.2 Å². The number of benzene rings is 1. The smallest absolute Gasteiger partial charge is 0.331 e. The molecule has 5 nitrogen and oxygen atoms in total. The summed E-state index contributed by atoms with van der Waals surface area (Å²) in [5.74, 6) is 0.427. The SMILES string of the molecule is Cc1cc(C)cc(OC(=O)CN2C(=O)[C@@H]3[C@H]4C=C[C@@H]([C@@H]5C[C@H]45)[C@@H]3C2=O)c1. The second-order valence-electron chi connectivity index (χ2n) is 8.21. The Hall–Kier alpha value is -2.43. The van der Waals surface area contributed by atoms with E-state index in [1.807, 2.05) is 19.9 Å². The molecule has 1 heterocycles. The molecule has 2 saturated carbocycles. The Bertz CT molecular complexity index is 817. The van der Waals surface area contributed by atoms with Crippen LogP contribution in [-0.4, -0.2) is 29.2 Å². The van der Waals surface area contributed by atoms with Crippen molar-refractivity contribution >= 4 is 17.8 Å². The number of allylic oxidation sites excluding steroid dienone is 2. The van der Waals surface area contributed by atoms with Gasteiger partial charge in [0.2, 0.25) is 11.8 Å². The molecule has 2 amide bonds. The van der Waals surface area contributed by atoms with Crippen molar-refractivity contribution in [3.8, 4) is 5.75 Å². The number of aryl methyl sites for hydroxylation is 2. The first-order valence-corrected chi connectivity index (χ1v) is 9.26. The molecule has 134 valence electrons. The lowest BCUT2D eigenvalue weighted by Crippen LogP contribution is -2.40. The van der Waals surface area contributed by atoms with Gasteiger partial charge in [0.1, 0.15) is 12.3 Å². The van der Waals surface area contributed by atoms with E-state index in [0.29, 0.717) is 17.6 Å². The highest BCUT2D eigenvalue weighted by atomic mass is 16.5. The first kappa shape index (κ1) is 15.8. The van der Waals surface area contributed by atoms with Gasteiger partial charge in [0, 0.05) is 0 Å². The van der Waals surface area contributed by atoms with Gasteiger partial charge in [0.05, 0.1) is 11.8 Å². The van der Waals surface area contributed by atoms with Crippen LogP contribution >= 0.6 is 0 Å². The Morgan fingerprint density at radius 3 is 2.08 bits per heavy atom. The number of carbonyl (C=O) groups is 3. The van der Waals surface area contributed by atoms with E-state index in [4.69, 9.17) is 4.74 Å². The predicted molar refractivity (Wildman–Crippen MR) is 93.0 cm³/mol. The molecule has 5 aliphatic rings. The van der Waals surface area contributed by atoms with Crippen LogP contribution in [0.3, 0.4) is 0 Å². The lowest BCUT2D eigenvalue weighted by atomic mass is 9.63. The Kier molecular flexibility index (Phi) is 3.21. The van der Waals surface area contributed by atoms with Gasteiger partial charge in [-0.2, -0.15) is 0 Å². The number of amides is 2. The fraction of sp³-hybridized carbons (Fsp3) is 0.476. The highest BCUT2D eigenvalue weighted by Gasteiger charge is 2.67. The van der Waals surface area contributed by atoms with E-state index in [1.165, 1.54) is 0 Å². The van der Waals surface area contributed by atoms with Gasteiger partial charge in [0.25, 0.3) is 0 Å². The number of carbonyl (C=O) groups excluding carboxylic acids is 3. The average molecular weight is 351 g/mol. The molecule has 0 aromatic heterocycles. The molecule has 0 unspecified atom stereocenters. The lowest BCUT2D eigenvalue weighted by molar-refractivity contribution is -0.148. The van der Waals surface area contributed by atoms with Crippen LogP contribution in [0.25, 0.3) is 0 Å². The van der Waals surface area contributed by atoms with Crippen molar-refractivity contribution in [3.63, 3.8) is 0 Å². The number of imide groups is 1. The first-order chi connectivity index (χ1) is 12.4. The summed E-state index contributed by atoms with van der Waals surface area (Å²) >= 11 is 0. The maximum absolute atomic E-state index is 12.9. The Morgan fingerprint density at radius 1 is 1.00 bits per heavy atom. The fourth-order valence-electron chi connectivity index (χ4n) is 5.46. The molecule has 1 aliphatic heterocycles. The highest BCUT2D eigenvalue weighted by molar-refractivity contribution is 6.08. The van der Waals surface area contributed by atoms with Crippen molar-refractivity contribution in [1.29, 1.82) is 0 Å². The third-order valence-electron chi connectivity index (χ3n) is 6.47. The van der Waals surface area contributed by atoms with Gasteiger partial charge in [-0.3, -0.25) is 14.5 Å². The molecule has 26 heavy (non-hydrogen) atoms. The molecule has 2 bridgehead atoms. The molecule has 1 aromatic carbocycles. The maximum atomic E-state index is 12.9. The Morgan fingerprint density at radius 2 is 1.54 bits per heavy atom. The monoisotopic (exact) mass is 351 g/mol. The van der Waals surface area contributed by atoms with Crippen LogP contribution in [-0.2, 0) is 14.4 Å². The predicted octanol–water partition coefficient (Wildman–Crippen LogP) is 2.26. The molecular weight excluding hydrogens is 330 g/mol. The summed E-state index contributed by atoms with van der Waals surface area (Å²) in [6.07, 6.45) is 5.38. The largest absolute Gasteiger partial charge is 0.425 e. The van der Waals surface area contributed by atoms with Gasteiger partial charge in [-0.25, -0.2) is 4.79 Å². The zero-order chi connectivity index (χ0) is 18.2. The van der Waals surface area contributed by atoms with E-state index in [-0.39, 0.29) is 42.0 Å². The maximum Gasteiger partial charge on any atom is 0.331 e. The topological polar surface area (TPSA) is 63.7 Å². The van der Waals surface area contributed by atoms with Crippen LogP contribution in [0.1, 0.15) is 17.5 Å². The van der Waals surface area contributed by atoms with Crippen molar-refractivity contribution in [2.75, 3.05) is 6.54 Å². The van der Waals surface area contributed by atoms with E-state index in [0.717, 1.165) is 22.4 Å². The van der Waals surface area contributed by atoms with Gasteiger partial charge in [-0.15, -0.1) is 0 Å². The van der Waals surface area contributed by atoms with E-state index in [2.05, 4.69) is 12.2 Å². The van der Waals surface area contributed by atoms with Crippen molar-refractivity contribution < 1.29 is 19.1 Å². The summed E-state index contributed by atoms with van der Waals surface area (Å²) in [5, 5.41) is 0. The highest BCUT2D eigenvalue weighted by Crippen LogP contribution is 2.65. The van der Waals surface area contributed by atoms with E-state index in [9.17, 15) is 14.4 Å². The summed E-state index contributed by atoms with van der Waals surface area (Å²) in [5.41, 5.74) is 1.99. The molecular formula is C21H21NO4. The minimum absolute atomic E-state index is 0.173. The minimum atomic E-state index is -0.569. The van der Waals surface area contributed by atoms with Gasteiger partial charge in [0.15, 0.2) is 0 Å². The zero-order valence-corrected chi connectivity index (χ0v) is 14.8. The zero-order valence-electron chi connectivity index (χ0n) is 14.8. The number of nitrogens with zero attached hydrogens (tertiary/aromatic N) is 1. The second kappa shape index (κ2) is 5.29. The Labute approximate surface area is 152 Å². The van der Waals surface area contributed by atoms with E-state index >= 15 is 0 Å². The van der Waals surface area contributed by atoms with Crippen LogP contribution in [0.2, 0.25) is 0 Å². The number of ether oxygens (including phenoxy) is 1. The van der Waals surface area contributed by atoms with Gasteiger partial charge < -0.3 is 4.74 Å². The van der Waals surface area contributed by atoms with Gasteiger partial charge >= 0.3 is 5.97 Å². The lowest BCUT2D eigenvalue weighted by Gasteiger charge is -2.37. The average Bonchev–Trinajstić information content (AvgIpc) is 3.35. The summed E-state index contributed by atoms with van der Waals surface area (Å²) < 4.78 is 5.39. The third-order valence-corrected chi connectivity index (χ3v) is 6.47. The molecule has 0 N–H and O–H groups in total. The van der Waals surface area contributed by atoms with Crippen LogP contribution in [0.5, 0.6) is 5.75 Å². The van der Waals surface area contributed by atoms with Crippen LogP contribution < -0.4 is 4.74 Å². The van der Waals surface area contributed by atoms with Crippen molar-refractivity contribution in [2.24, 2.45) is 35.5 Å². The molecule has 5 heteroatoms. The number of hydrogen-bond acceptors (Lipinski definition) is 4. The van der Waals surface area contributed by atoms with Gasteiger partial charge in [-0.05, 0) is 67.2 Å². The second-order valence-corrected chi connectivity index (χ2v) is 8.21. The molecule has 1 saturated heterocycles. The summed E-state index contributed by atoms with van der Waals surface area (Å²) in [4.78, 5) is 39.2. The molecule has 6 rings (SSSR count).